The molecule has 0 aliphatic rings. The molecule has 5 nitrogen and oxygen atoms in total. The summed E-state index contributed by atoms with van der Waals surface area (Å²) in [6, 6.07) is -0.654. The molecule has 0 saturated carbocycles. The van der Waals surface area contributed by atoms with E-state index in [0.29, 0.717) is 13.0 Å². The summed E-state index contributed by atoms with van der Waals surface area (Å²) in [4.78, 5) is 23.8. The molecule has 0 aromatic rings. The lowest BCUT2D eigenvalue weighted by Crippen LogP contribution is -2.42. The van der Waals surface area contributed by atoms with E-state index >= 15 is 0 Å². The van der Waals surface area contributed by atoms with Gasteiger partial charge in [-0.25, -0.2) is 9.59 Å². The van der Waals surface area contributed by atoms with Gasteiger partial charge >= 0.3 is 12.1 Å². The molecule has 1 unspecified atom stereocenters. The molecule has 0 bridgehead atoms. The molecule has 0 aromatic heterocycles. The molecule has 0 spiro atoms. The Morgan fingerprint density at radius 2 is 1.72 bits per heavy atom. The van der Waals surface area contributed by atoms with Crippen molar-refractivity contribution in [3.8, 4) is 0 Å². The van der Waals surface area contributed by atoms with Crippen LogP contribution in [0.5, 0.6) is 0 Å². The fraction of sp³-hybridized carbons (Fsp3) is 0.789. The second-order valence-electron chi connectivity index (χ2n) is 6.01. The van der Waals surface area contributed by atoms with E-state index in [1.165, 1.54) is 44.6 Å². The zero-order chi connectivity index (χ0) is 18.8. The number of esters is 1. The Morgan fingerprint density at radius 3 is 2.32 bits per heavy atom. The van der Waals surface area contributed by atoms with Gasteiger partial charge in [0.25, 0.3) is 0 Å². The van der Waals surface area contributed by atoms with Gasteiger partial charge in [-0.15, -0.1) is 0 Å². The third kappa shape index (κ3) is 14.8. The van der Waals surface area contributed by atoms with Gasteiger partial charge in [0, 0.05) is 0 Å². The highest BCUT2D eigenvalue weighted by Gasteiger charge is 2.22. The summed E-state index contributed by atoms with van der Waals surface area (Å²) in [5, 5.41) is 2.57. The van der Waals surface area contributed by atoms with Gasteiger partial charge in [0.05, 0.1) is 6.61 Å². The van der Waals surface area contributed by atoms with Crippen molar-refractivity contribution >= 4 is 23.8 Å². The van der Waals surface area contributed by atoms with Crippen LogP contribution < -0.4 is 5.32 Å². The normalized spacial score (nSPS) is 11.6. The minimum Gasteiger partial charge on any atom is -0.464 e. The monoisotopic (exact) mass is 373 g/mol. The highest BCUT2D eigenvalue weighted by atomic mass is 32.2. The molecule has 0 radical (unpaired) electrons. The van der Waals surface area contributed by atoms with Crippen LogP contribution in [-0.2, 0) is 14.3 Å². The molecule has 0 fully saturated rings. The number of nitrogens with one attached hydrogen (secondary N) is 1. The molecule has 0 rings (SSSR count). The second kappa shape index (κ2) is 17.6. The number of hydrogen-bond donors (Lipinski definition) is 1. The summed E-state index contributed by atoms with van der Waals surface area (Å²) in [6.07, 6.45) is 12.9. The first kappa shape index (κ1) is 23.8. The van der Waals surface area contributed by atoms with E-state index in [0.717, 1.165) is 18.6 Å². The second-order valence-corrected chi connectivity index (χ2v) is 6.99. The average molecular weight is 374 g/mol. The Bertz CT molecular complexity index is 363. The molecular weight excluding hydrogens is 338 g/mol. The first-order chi connectivity index (χ1) is 12.2. The number of unbranched alkanes of at least 4 members (excludes halogenated alkanes) is 7. The van der Waals surface area contributed by atoms with Crippen LogP contribution >= 0.6 is 11.8 Å². The van der Waals surface area contributed by atoms with Crippen LogP contribution in [0.2, 0.25) is 0 Å². The molecule has 0 heterocycles. The number of thioether (sulfide) groups is 1. The number of hydrogen-bond acceptors (Lipinski definition) is 5. The molecule has 1 atom stereocenters. The van der Waals surface area contributed by atoms with Crippen molar-refractivity contribution < 1.29 is 19.1 Å². The average Bonchev–Trinajstić information content (AvgIpc) is 2.61. The van der Waals surface area contributed by atoms with Crippen molar-refractivity contribution in [3.63, 3.8) is 0 Å². The van der Waals surface area contributed by atoms with Crippen LogP contribution in [0.25, 0.3) is 0 Å². The number of carbonyl (C=O) groups is 2. The number of ether oxygens (including phenoxy) is 2. The first-order valence-electron chi connectivity index (χ1n) is 9.35. The quantitative estimate of drug-likeness (QED) is 0.241. The molecule has 0 aliphatic heterocycles. The number of rotatable bonds is 16. The van der Waals surface area contributed by atoms with Gasteiger partial charge in [0.2, 0.25) is 0 Å². The predicted molar refractivity (Wildman–Crippen MR) is 105 cm³/mol. The fourth-order valence-corrected chi connectivity index (χ4v) is 2.78. The maximum atomic E-state index is 12.1. The number of alkyl carbamates (subject to hydrolysis) is 1. The van der Waals surface area contributed by atoms with Crippen LogP contribution in [0.15, 0.2) is 12.7 Å². The van der Waals surface area contributed by atoms with Crippen LogP contribution in [0.1, 0.15) is 64.7 Å². The van der Waals surface area contributed by atoms with Crippen molar-refractivity contribution in [2.75, 3.05) is 25.2 Å². The number of amides is 1. The summed E-state index contributed by atoms with van der Waals surface area (Å²) in [7, 11) is 0. The Hall–Kier alpha value is -1.17. The molecule has 146 valence electrons. The fourth-order valence-electron chi connectivity index (χ4n) is 2.31. The number of carbonyl (C=O) groups excluding carboxylic acids is 2. The lowest BCUT2D eigenvalue weighted by atomic mass is 10.1. The summed E-state index contributed by atoms with van der Waals surface area (Å²) in [5.41, 5.74) is 0. The van der Waals surface area contributed by atoms with Gasteiger partial charge in [-0.3, -0.25) is 0 Å². The maximum absolute atomic E-state index is 12.1. The van der Waals surface area contributed by atoms with E-state index in [1.54, 1.807) is 11.8 Å². The predicted octanol–water partition coefficient (Wildman–Crippen LogP) is 4.70. The molecule has 1 N–H and O–H groups in total. The van der Waals surface area contributed by atoms with Crippen LogP contribution in [0, 0.1) is 0 Å². The van der Waals surface area contributed by atoms with Crippen molar-refractivity contribution in [1.29, 1.82) is 0 Å². The van der Waals surface area contributed by atoms with E-state index in [-0.39, 0.29) is 12.6 Å². The molecule has 25 heavy (non-hydrogen) atoms. The van der Waals surface area contributed by atoms with Gasteiger partial charge < -0.3 is 14.8 Å². The molecule has 0 aliphatic carbocycles. The molecule has 0 saturated heterocycles. The van der Waals surface area contributed by atoms with Crippen molar-refractivity contribution in [3.05, 3.63) is 12.7 Å². The third-order valence-electron chi connectivity index (χ3n) is 3.76. The Labute approximate surface area is 157 Å². The topological polar surface area (TPSA) is 64.6 Å². The zero-order valence-corrected chi connectivity index (χ0v) is 16.7. The lowest BCUT2D eigenvalue weighted by molar-refractivity contribution is -0.146. The highest BCUT2D eigenvalue weighted by molar-refractivity contribution is 7.98. The van der Waals surface area contributed by atoms with Gasteiger partial charge in [0.1, 0.15) is 12.6 Å². The van der Waals surface area contributed by atoms with Crippen LogP contribution in [-0.4, -0.2) is 43.3 Å². The van der Waals surface area contributed by atoms with Crippen LogP contribution in [0.4, 0.5) is 4.79 Å². The SMILES string of the molecule is C=CCOC(=O)NC(CCSC)C(=O)OCCCCCCCCCC. The molecular formula is C19H35NO4S. The zero-order valence-electron chi connectivity index (χ0n) is 15.9. The Kier molecular flexibility index (Phi) is 16.8. The summed E-state index contributed by atoms with van der Waals surface area (Å²) in [5.74, 6) is 0.381. The van der Waals surface area contributed by atoms with E-state index < -0.39 is 12.1 Å². The molecule has 0 aromatic carbocycles. The third-order valence-corrected chi connectivity index (χ3v) is 4.41. The highest BCUT2D eigenvalue weighted by Crippen LogP contribution is 2.09. The Balaban J connectivity index is 3.92. The molecule has 6 heteroatoms. The van der Waals surface area contributed by atoms with Crippen LogP contribution in [0.3, 0.4) is 0 Å². The smallest absolute Gasteiger partial charge is 0.408 e. The first-order valence-corrected chi connectivity index (χ1v) is 10.7. The van der Waals surface area contributed by atoms with Gasteiger partial charge in [-0.2, -0.15) is 11.8 Å². The lowest BCUT2D eigenvalue weighted by Gasteiger charge is -2.17. The molecule has 1 amide bonds. The van der Waals surface area contributed by atoms with E-state index in [2.05, 4.69) is 18.8 Å². The van der Waals surface area contributed by atoms with E-state index in [1.807, 2.05) is 6.26 Å². The minimum absolute atomic E-state index is 0.119. The van der Waals surface area contributed by atoms with Crippen molar-refractivity contribution in [1.82, 2.24) is 5.32 Å². The maximum Gasteiger partial charge on any atom is 0.408 e. The van der Waals surface area contributed by atoms with Gasteiger partial charge in [-0.05, 0) is 24.9 Å². The minimum atomic E-state index is -0.654. The van der Waals surface area contributed by atoms with E-state index in [4.69, 9.17) is 9.47 Å². The van der Waals surface area contributed by atoms with Gasteiger partial charge in [-0.1, -0.05) is 64.5 Å². The standard InChI is InChI=1S/C19H35NO4S/c1-4-6-7-8-9-10-11-12-15-23-18(21)17(13-16-25-3)20-19(22)24-14-5-2/h5,17H,2,4,6-16H2,1,3H3,(H,20,22). The summed E-state index contributed by atoms with van der Waals surface area (Å²) < 4.78 is 10.2. The summed E-state index contributed by atoms with van der Waals surface area (Å²) >= 11 is 1.62. The largest absolute Gasteiger partial charge is 0.464 e. The van der Waals surface area contributed by atoms with E-state index in [9.17, 15) is 9.59 Å². The van der Waals surface area contributed by atoms with Gasteiger partial charge in [0.15, 0.2) is 0 Å². The summed E-state index contributed by atoms with van der Waals surface area (Å²) in [6.45, 7) is 6.23. The van der Waals surface area contributed by atoms with Crippen molar-refractivity contribution in [2.24, 2.45) is 0 Å². The van der Waals surface area contributed by atoms with Crippen molar-refractivity contribution in [2.45, 2.75) is 70.8 Å². The Morgan fingerprint density at radius 1 is 1.08 bits per heavy atom.